The largest absolute Gasteiger partial charge is 0.386 e. The van der Waals surface area contributed by atoms with Gasteiger partial charge >= 0.3 is 5.69 Å². The molecule has 2 heterocycles. The first-order valence-electron chi connectivity index (χ1n) is 14.7. The summed E-state index contributed by atoms with van der Waals surface area (Å²) in [7, 11) is 0. The van der Waals surface area contributed by atoms with Gasteiger partial charge in [-0.25, -0.2) is 13.8 Å². The van der Waals surface area contributed by atoms with E-state index in [1.54, 1.807) is 45.0 Å². The number of primary amides is 1. The van der Waals surface area contributed by atoms with Gasteiger partial charge in [-0.3, -0.25) is 14.2 Å². The van der Waals surface area contributed by atoms with Crippen molar-refractivity contribution >= 4 is 38.6 Å². The molecule has 2 aromatic heterocycles. The van der Waals surface area contributed by atoms with Gasteiger partial charge in [0.1, 0.15) is 5.82 Å². The number of nitrogens with two attached hydrogens (primary N) is 1. The molecule has 0 aliphatic carbocycles. The van der Waals surface area contributed by atoms with Gasteiger partial charge in [-0.2, -0.15) is 0 Å². The van der Waals surface area contributed by atoms with Gasteiger partial charge in [-0.1, -0.05) is 30.3 Å². The second kappa shape index (κ2) is 9.25. The Morgan fingerprint density at radius 2 is 1.76 bits per heavy atom. The Labute approximate surface area is 243 Å². The quantitative estimate of drug-likeness (QED) is 0.275. The molecule has 4 N–H and O–H groups in total. The fraction of sp³-hybridized carbons (Fsp3) is 0.182. The molecule has 0 bridgehead atoms. The zero-order valence-electron chi connectivity index (χ0n) is 26.3. The van der Waals surface area contributed by atoms with E-state index in [1.807, 2.05) is 19.1 Å². The van der Waals surface area contributed by atoms with E-state index in [0.717, 1.165) is 21.6 Å². The fourth-order valence-corrected chi connectivity index (χ4v) is 5.82. The summed E-state index contributed by atoms with van der Waals surface area (Å²) in [6, 6.07) is 15.5. The Balaban J connectivity index is 1.72. The molecule has 0 aliphatic rings. The number of hydrogen-bond acceptors (Lipinski definition) is 4. The lowest BCUT2D eigenvalue weighted by Crippen LogP contribution is -2.38. The van der Waals surface area contributed by atoms with Crippen molar-refractivity contribution in [3.8, 4) is 16.8 Å². The number of aliphatic hydroxyl groups is 1. The first kappa shape index (κ1) is 23.7. The zero-order valence-corrected chi connectivity index (χ0v) is 23.3. The lowest BCUT2D eigenvalue weighted by atomic mass is 9.90. The Hall–Kier alpha value is -5.02. The molecule has 0 aliphatic heterocycles. The maximum Gasteiger partial charge on any atom is 0.335 e. The van der Waals surface area contributed by atoms with Crippen molar-refractivity contribution in [3.63, 3.8) is 0 Å². The number of amides is 1. The van der Waals surface area contributed by atoms with E-state index in [2.05, 4.69) is 4.98 Å². The molecule has 212 valence electrons. The summed E-state index contributed by atoms with van der Waals surface area (Å²) in [4.78, 5) is 43.3. The maximum absolute atomic E-state index is 14.9. The molecule has 8 nitrogen and oxygen atoms in total. The van der Waals surface area contributed by atoms with Crippen LogP contribution in [0.1, 0.15) is 45.0 Å². The second-order valence-electron chi connectivity index (χ2n) is 11.0. The molecule has 0 fully saturated rings. The highest BCUT2D eigenvalue weighted by atomic mass is 19.1. The minimum atomic E-state index is -3.08. The number of nitrogens with zero attached hydrogens (tertiary/aromatic N) is 2. The molecule has 0 spiro atoms. The van der Waals surface area contributed by atoms with Gasteiger partial charge in [-0.05, 0) is 85.8 Å². The number of aromatic amines is 1. The van der Waals surface area contributed by atoms with Gasteiger partial charge in [0.05, 0.1) is 33.3 Å². The average Bonchev–Trinajstić information content (AvgIpc) is 3.33. The number of benzene rings is 4. The zero-order chi connectivity index (χ0) is 32.7. The molecule has 0 radical (unpaired) electrons. The van der Waals surface area contributed by atoms with Crippen LogP contribution in [0, 0.1) is 19.7 Å². The predicted octanol–water partition coefficient (Wildman–Crippen LogP) is 5.07. The summed E-state index contributed by atoms with van der Waals surface area (Å²) in [5.41, 5.74) is 6.61. The molecule has 0 unspecified atom stereocenters. The summed E-state index contributed by atoms with van der Waals surface area (Å²) in [5, 5.41) is 11.9. The average molecular weight is 568 g/mol. The van der Waals surface area contributed by atoms with Gasteiger partial charge in [0.25, 0.3) is 11.5 Å². The maximum atomic E-state index is 14.9. The number of carbonyl (C=O) groups excluding carboxylic acids is 1. The molecule has 1 amide bonds. The summed E-state index contributed by atoms with van der Waals surface area (Å²) in [6.45, 7) is 3.84. The molecule has 6 aromatic rings. The Morgan fingerprint density at radius 1 is 1.02 bits per heavy atom. The highest BCUT2D eigenvalue weighted by molar-refractivity contribution is 6.21. The monoisotopic (exact) mass is 567 g/mol. The van der Waals surface area contributed by atoms with E-state index in [-0.39, 0.29) is 16.6 Å². The Bertz CT molecular complexity index is 2360. The first-order chi connectivity index (χ1) is 21.0. The van der Waals surface area contributed by atoms with Crippen molar-refractivity contribution in [2.24, 2.45) is 12.7 Å². The van der Waals surface area contributed by atoms with Crippen molar-refractivity contribution in [1.29, 1.82) is 0 Å². The number of carbonyl (C=O) groups is 1. The third kappa shape index (κ3) is 3.88. The van der Waals surface area contributed by atoms with Crippen molar-refractivity contribution in [2.75, 3.05) is 0 Å². The molecule has 42 heavy (non-hydrogen) atoms. The normalized spacial score (nSPS) is 13.4. The summed E-state index contributed by atoms with van der Waals surface area (Å²) < 4.78 is 39.9. The molecule has 4 aromatic carbocycles. The topological polar surface area (TPSA) is 123 Å². The van der Waals surface area contributed by atoms with Crippen LogP contribution in [0.3, 0.4) is 0 Å². The van der Waals surface area contributed by atoms with E-state index in [9.17, 15) is 23.9 Å². The van der Waals surface area contributed by atoms with Gasteiger partial charge < -0.3 is 15.8 Å². The summed E-state index contributed by atoms with van der Waals surface area (Å²) >= 11 is 0. The van der Waals surface area contributed by atoms with Crippen molar-refractivity contribution in [1.82, 2.24) is 14.1 Å². The third-order valence-corrected chi connectivity index (χ3v) is 7.89. The van der Waals surface area contributed by atoms with Crippen LogP contribution in [0.25, 0.3) is 49.5 Å². The molecule has 0 saturated heterocycles. The van der Waals surface area contributed by atoms with Crippen LogP contribution in [0.4, 0.5) is 4.39 Å². The SMILES string of the molecule is [2H]C([2H])([2H])n1c(=O)n(-c2cccc(-c3ccc(C(N)=O)c4[nH]c5cc(C(C)(C)O)cc(C)c5c34)c2C)c(=O)c2cccc(F)c21. The van der Waals surface area contributed by atoms with Gasteiger partial charge in [-0.15, -0.1) is 0 Å². The Morgan fingerprint density at radius 3 is 2.45 bits per heavy atom. The highest BCUT2D eigenvalue weighted by Gasteiger charge is 2.24. The van der Waals surface area contributed by atoms with E-state index in [0.29, 0.717) is 43.2 Å². The Kier molecular flexibility index (Phi) is 5.21. The number of nitrogens with one attached hydrogen (secondary N) is 1. The molecule has 9 heteroatoms. The van der Waals surface area contributed by atoms with E-state index < -0.39 is 41.1 Å². The van der Waals surface area contributed by atoms with E-state index in [1.165, 1.54) is 18.2 Å². The number of aryl methyl sites for hydroxylation is 2. The van der Waals surface area contributed by atoms with E-state index in [4.69, 9.17) is 9.85 Å². The fourth-order valence-electron chi connectivity index (χ4n) is 5.82. The van der Waals surface area contributed by atoms with Crippen LogP contribution in [0.5, 0.6) is 0 Å². The number of halogens is 1. The van der Waals surface area contributed by atoms with Crippen LogP contribution in [0.15, 0.2) is 70.3 Å². The number of aromatic nitrogens is 3. The lowest BCUT2D eigenvalue weighted by Gasteiger charge is -2.19. The van der Waals surface area contributed by atoms with Crippen LogP contribution < -0.4 is 17.0 Å². The number of fused-ring (bicyclic) bond motifs is 4. The van der Waals surface area contributed by atoms with Gasteiger partial charge in [0, 0.05) is 27.4 Å². The summed E-state index contributed by atoms with van der Waals surface area (Å²) in [6.07, 6.45) is 0. The number of para-hydroxylation sites is 1. The smallest absolute Gasteiger partial charge is 0.335 e. The van der Waals surface area contributed by atoms with Crippen LogP contribution in [0.2, 0.25) is 0 Å². The number of rotatable bonds is 4. The molecular formula is C33H29FN4O4. The van der Waals surface area contributed by atoms with Gasteiger partial charge in [0.2, 0.25) is 0 Å². The molecule has 0 atom stereocenters. The van der Waals surface area contributed by atoms with Crippen LogP contribution in [-0.2, 0) is 12.6 Å². The van der Waals surface area contributed by atoms with E-state index >= 15 is 0 Å². The minimum Gasteiger partial charge on any atom is -0.386 e. The highest BCUT2D eigenvalue weighted by Crippen LogP contribution is 2.41. The molecule has 0 saturated carbocycles. The van der Waals surface area contributed by atoms with Crippen LogP contribution >= 0.6 is 0 Å². The molecular weight excluding hydrogens is 535 g/mol. The number of hydrogen-bond donors (Lipinski definition) is 3. The van der Waals surface area contributed by atoms with Crippen LogP contribution in [-0.4, -0.2) is 25.1 Å². The third-order valence-electron chi connectivity index (χ3n) is 7.89. The second-order valence-corrected chi connectivity index (χ2v) is 11.0. The van der Waals surface area contributed by atoms with Crippen molar-refractivity contribution < 1.29 is 18.4 Å². The molecule has 6 rings (SSSR count). The first-order valence-corrected chi connectivity index (χ1v) is 13.2. The lowest BCUT2D eigenvalue weighted by molar-refractivity contribution is 0.0786. The van der Waals surface area contributed by atoms with Crippen molar-refractivity contribution in [3.05, 3.63) is 110 Å². The standard InChI is InChI=1S/C33H29FN4O4/c1-16-14-18(33(3,4)42)15-24-26(16)27-20(12-13-21(30(35)39)28(27)36-24)19-8-7-11-25(17(19)2)38-31(40)22-9-6-10-23(34)29(22)37(5)32(38)41/h6-15,36,42H,1-5H3,(H2,35,39)/i5D3. The number of H-pyrrole nitrogens is 1. The summed E-state index contributed by atoms with van der Waals surface area (Å²) in [5.74, 6) is -1.65. The minimum absolute atomic E-state index is 0.111. The van der Waals surface area contributed by atoms with Gasteiger partial charge in [0.15, 0.2) is 0 Å². The van der Waals surface area contributed by atoms with Crippen molar-refractivity contribution in [2.45, 2.75) is 33.3 Å². The predicted molar refractivity (Wildman–Crippen MR) is 163 cm³/mol.